The molecule has 0 spiro atoms. The number of nitrogens with zero attached hydrogens (tertiary/aromatic N) is 2. The second-order valence-corrected chi connectivity index (χ2v) is 6.25. The molecule has 3 rings (SSSR count). The number of hydrogen-bond donors (Lipinski definition) is 2. The van der Waals surface area contributed by atoms with Crippen molar-refractivity contribution in [2.75, 3.05) is 11.9 Å². The molecule has 2 heterocycles. The molecular weight excluding hydrogens is 336 g/mol. The highest BCUT2D eigenvalue weighted by Crippen LogP contribution is 2.21. The van der Waals surface area contributed by atoms with Gasteiger partial charge in [0.15, 0.2) is 0 Å². The molecule has 0 aliphatic heterocycles. The molecule has 6 nitrogen and oxygen atoms in total. The standard InChI is InChI=1S/C18H18N4O2S/c1-2-10-19-18(23)20-14-6-3-5-13(12-14)17-21-16(24-22-17)9-8-15-7-4-11-25-15/h3-9,11-12H,2,10H2,1H3,(H2,19,20,23)/b9-8+. The quantitative estimate of drug-likeness (QED) is 0.683. The van der Waals surface area contributed by atoms with Crippen LogP contribution in [-0.4, -0.2) is 22.7 Å². The van der Waals surface area contributed by atoms with Gasteiger partial charge in [-0.1, -0.05) is 30.3 Å². The first-order valence-corrected chi connectivity index (χ1v) is 8.83. The molecule has 2 aromatic heterocycles. The van der Waals surface area contributed by atoms with Crippen molar-refractivity contribution in [2.24, 2.45) is 0 Å². The number of amides is 2. The Hall–Kier alpha value is -2.93. The maximum absolute atomic E-state index is 11.7. The van der Waals surface area contributed by atoms with Gasteiger partial charge in [-0.2, -0.15) is 4.98 Å². The van der Waals surface area contributed by atoms with E-state index >= 15 is 0 Å². The van der Waals surface area contributed by atoms with E-state index in [9.17, 15) is 4.79 Å². The van der Waals surface area contributed by atoms with Crippen molar-refractivity contribution >= 4 is 35.2 Å². The number of carbonyl (C=O) groups is 1. The van der Waals surface area contributed by atoms with Crippen LogP contribution in [0.1, 0.15) is 24.1 Å². The van der Waals surface area contributed by atoms with Crippen LogP contribution in [-0.2, 0) is 0 Å². The summed E-state index contributed by atoms with van der Waals surface area (Å²) < 4.78 is 5.25. The van der Waals surface area contributed by atoms with Gasteiger partial charge in [-0.15, -0.1) is 11.3 Å². The summed E-state index contributed by atoms with van der Waals surface area (Å²) in [4.78, 5) is 17.2. The molecule has 0 saturated carbocycles. The normalized spacial score (nSPS) is 10.9. The van der Waals surface area contributed by atoms with E-state index in [0.29, 0.717) is 23.9 Å². The average molecular weight is 354 g/mol. The van der Waals surface area contributed by atoms with E-state index in [-0.39, 0.29) is 6.03 Å². The summed E-state index contributed by atoms with van der Waals surface area (Å²) in [5, 5.41) is 11.6. The molecule has 128 valence electrons. The minimum Gasteiger partial charge on any atom is -0.338 e. The number of hydrogen-bond acceptors (Lipinski definition) is 5. The Morgan fingerprint density at radius 1 is 1.28 bits per heavy atom. The van der Waals surface area contributed by atoms with Gasteiger partial charge in [0.1, 0.15) is 0 Å². The number of thiophene rings is 1. The Morgan fingerprint density at radius 3 is 3.00 bits per heavy atom. The van der Waals surface area contributed by atoms with Crippen LogP contribution in [0.5, 0.6) is 0 Å². The zero-order chi connectivity index (χ0) is 17.5. The zero-order valence-corrected chi connectivity index (χ0v) is 14.5. The van der Waals surface area contributed by atoms with Crippen molar-refractivity contribution in [3.63, 3.8) is 0 Å². The summed E-state index contributed by atoms with van der Waals surface area (Å²) in [7, 11) is 0. The molecule has 0 aliphatic carbocycles. The molecule has 0 radical (unpaired) electrons. The predicted molar refractivity (Wildman–Crippen MR) is 100 cm³/mol. The summed E-state index contributed by atoms with van der Waals surface area (Å²) in [5.41, 5.74) is 1.44. The van der Waals surface area contributed by atoms with Crippen molar-refractivity contribution in [2.45, 2.75) is 13.3 Å². The van der Waals surface area contributed by atoms with Crippen molar-refractivity contribution in [3.05, 3.63) is 52.5 Å². The lowest BCUT2D eigenvalue weighted by Crippen LogP contribution is -2.29. The number of rotatable bonds is 6. The third kappa shape index (κ3) is 4.77. The fourth-order valence-electron chi connectivity index (χ4n) is 2.11. The fourth-order valence-corrected chi connectivity index (χ4v) is 2.73. The van der Waals surface area contributed by atoms with E-state index in [1.807, 2.05) is 54.8 Å². The number of anilines is 1. The molecule has 2 N–H and O–H groups in total. The minimum atomic E-state index is -0.230. The summed E-state index contributed by atoms with van der Waals surface area (Å²) >= 11 is 1.64. The Kier molecular flexibility index (Phi) is 5.58. The summed E-state index contributed by atoms with van der Waals surface area (Å²) in [6.07, 6.45) is 4.60. The third-order valence-corrected chi connectivity index (χ3v) is 4.13. The molecule has 3 aromatic rings. The van der Waals surface area contributed by atoms with Gasteiger partial charge in [-0.25, -0.2) is 4.79 Å². The van der Waals surface area contributed by atoms with Crippen molar-refractivity contribution in [3.8, 4) is 11.4 Å². The van der Waals surface area contributed by atoms with Crippen LogP contribution in [0.2, 0.25) is 0 Å². The predicted octanol–water partition coefficient (Wildman–Crippen LogP) is 4.50. The molecule has 0 atom stereocenters. The summed E-state index contributed by atoms with van der Waals surface area (Å²) in [6, 6.07) is 11.1. The van der Waals surface area contributed by atoms with Gasteiger partial charge >= 0.3 is 6.03 Å². The number of nitrogens with one attached hydrogen (secondary N) is 2. The molecule has 0 fully saturated rings. The van der Waals surface area contributed by atoms with Gasteiger partial charge in [-0.05, 0) is 36.1 Å². The topological polar surface area (TPSA) is 80.0 Å². The highest BCUT2D eigenvalue weighted by atomic mass is 32.1. The lowest BCUT2D eigenvalue weighted by atomic mass is 10.2. The average Bonchev–Trinajstić information content (AvgIpc) is 3.30. The first kappa shape index (κ1) is 16.9. The van der Waals surface area contributed by atoms with Gasteiger partial charge in [0, 0.05) is 28.7 Å². The maximum atomic E-state index is 11.7. The highest BCUT2D eigenvalue weighted by molar-refractivity contribution is 7.10. The minimum absolute atomic E-state index is 0.230. The molecule has 7 heteroatoms. The summed E-state index contributed by atoms with van der Waals surface area (Å²) in [5.74, 6) is 0.908. The van der Waals surface area contributed by atoms with Gasteiger partial charge in [0.25, 0.3) is 5.89 Å². The zero-order valence-electron chi connectivity index (χ0n) is 13.7. The van der Waals surface area contributed by atoms with Crippen LogP contribution in [0.4, 0.5) is 10.5 Å². The number of benzene rings is 1. The molecule has 0 aliphatic rings. The van der Waals surface area contributed by atoms with Crippen LogP contribution in [0.25, 0.3) is 23.5 Å². The largest absolute Gasteiger partial charge is 0.338 e. The van der Waals surface area contributed by atoms with Crippen molar-refractivity contribution in [1.29, 1.82) is 0 Å². The van der Waals surface area contributed by atoms with E-state index in [2.05, 4.69) is 20.8 Å². The van der Waals surface area contributed by atoms with Crippen LogP contribution in [0, 0.1) is 0 Å². The molecular formula is C18H18N4O2S. The molecule has 0 saturated heterocycles. The third-order valence-electron chi connectivity index (χ3n) is 3.29. The maximum Gasteiger partial charge on any atom is 0.319 e. The van der Waals surface area contributed by atoms with Crippen molar-refractivity contribution < 1.29 is 9.32 Å². The van der Waals surface area contributed by atoms with E-state index in [4.69, 9.17) is 4.52 Å². The number of urea groups is 1. The van der Waals surface area contributed by atoms with E-state index < -0.39 is 0 Å². The fraction of sp³-hybridized carbons (Fsp3) is 0.167. The Bertz CT molecular complexity index is 856. The summed E-state index contributed by atoms with van der Waals surface area (Å²) in [6.45, 7) is 2.64. The van der Waals surface area contributed by atoms with Crippen LogP contribution in [0.15, 0.2) is 46.3 Å². The van der Waals surface area contributed by atoms with Gasteiger partial charge in [0.05, 0.1) is 0 Å². The van der Waals surface area contributed by atoms with Crippen LogP contribution in [0.3, 0.4) is 0 Å². The van der Waals surface area contributed by atoms with Crippen LogP contribution >= 0.6 is 11.3 Å². The monoisotopic (exact) mass is 354 g/mol. The molecule has 0 bridgehead atoms. The Labute approximate surface area is 149 Å². The SMILES string of the molecule is CCCNC(=O)Nc1cccc(-c2noc(/C=C/c3cccs3)n2)c1. The number of aromatic nitrogens is 2. The van der Waals surface area contributed by atoms with E-state index in [1.165, 1.54) is 0 Å². The second kappa shape index (κ2) is 8.25. The first-order valence-electron chi connectivity index (χ1n) is 7.95. The Balaban J connectivity index is 1.70. The lowest BCUT2D eigenvalue weighted by Gasteiger charge is -2.07. The van der Waals surface area contributed by atoms with Gasteiger partial charge in [-0.3, -0.25) is 0 Å². The molecule has 1 aromatic carbocycles. The smallest absolute Gasteiger partial charge is 0.319 e. The lowest BCUT2D eigenvalue weighted by molar-refractivity contribution is 0.252. The van der Waals surface area contributed by atoms with Crippen LogP contribution < -0.4 is 10.6 Å². The van der Waals surface area contributed by atoms with Crippen molar-refractivity contribution in [1.82, 2.24) is 15.5 Å². The van der Waals surface area contributed by atoms with Gasteiger partial charge < -0.3 is 15.2 Å². The van der Waals surface area contributed by atoms with Gasteiger partial charge in [0.2, 0.25) is 5.82 Å². The number of carbonyl (C=O) groups excluding carboxylic acids is 1. The molecule has 25 heavy (non-hydrogen) atoms. The first-order chi connectivity index (χ1) is 12.2. The second-order valence-electron chi connectivity index (χ2n) is 5.27. The van der Waals surface area contributed by atoms with E-state index in [0.717, 1.165) is 16.9 Å². The molecule has 0 unspecified atom stereocenters. The molecule has 2 amide bonds. The van der Waals surface area contributed by atoms with E-state index in [1.54, 1.807) is 17.4 Å². The highest BCUT2D eigenvalue weighted by Gasteiger charge is 2.08. The Morgan fingerprint density at radius 2 is 2.20 bits per heavy atom.